The molecule has 4 nitrogen and oxygen atoms in total. The number of pyridine rings is 1. The van der Waals surface area contributed by atoms with Crippen LogP contribution >= 0.6 is 0 Å². The van der Waals surface area contributed by atoms with Crippen LogP contribution in [0, 0.1) is 18.3 Å². The van der Waals surface area contributed by atoms with Gasteiger partial charge >= 0.3 is 0 Å². The minimum atomic E-state index is -0.0320. The van der Waals surface area contributed by atoms with Gasteiger partial charge in [-0.15, -0.1) is 0 Å². The maximum absolute atomic E-state index is 9.26. The molecule has 0 fully saturated rings. The van der Waals surface area contributed by atoms with Crippen LogP contribution in [-0.2, 0) is 6.42 Å². The van der Waals surface area contributed by atoms with Crippen molar-refractivity contribution in [2.24, 2.45) is 0 Å². The van der Waals surface area contributed by atoms with E-state index in [2.05, 4.69) is 38.7 Å². The Labute approximate surface area is 161 Å². The number of benzene rings is 1. The Hall–Kier alpha value is -3.06. The molecule has 2 aromatic rings. The van der Waals surface area contributed by atoms with Crippen LogP contribution in [0.4, 0.5) is 5.69 Å². The minimum Gasteiger partial charge on any atom is -0.496 e. The molecule has 0 bridgehead atoms. The molecule has 1 aliphatic rings. The Morgan fingerprint density at radius 3 is 2.78 bits per heavy atom. The minimum absolute atomic E-state index is 0.0320. The molecule has 0 saturated heterocycles. The second kappa shape index (κ2) is 7.67. The average Bonchev–Trinajstić information content (AvgIpc) is 2.69. The van der Waals surface area contributed by atoms with E-state index < -0.39 is 0 Å². The van der Waals surface area contributed by atoms with Crippen LogP contribution in [0.2, 0.25) is 0 Å². The van der Waals surface area contributed by atoms with Crippen LogP contribution in [0.5, 0.6) is 5.75 Å². The molecule has 1 N–H and O–H groups in total. The maximum Gasteiger partial charge on any atom is 0.124 e. The first-order valence-corrected chi connectivity index (χ1v) is 9.22. The van der Waals surface area contributed by atoms with Crippen molar-refractivity contribution in [2.45, 2.75) is 39.5 Å². The second-order valence-corrected chi connectivity index (χ2v) is 6.84. The second-order valence-electron chi connectivity index (χ2n) is 6.84. The number of ether oxygens (including phenoxy) is 1. The molecule has 0 saturated carbocycles. The van der Waals surface area contributed by atoms with E-state index in [-0.39, 0.29) is 5.92 Å². The lowest BCUT2D eigenvalue weighted by molar-refractivity contribution is 0.408. The number of hydrogen-bond donors (Lipinski definition) is 1. The van der Waals surface area contributed by atoms with E-state index in [4.69, 9.17) is 9.72 Å². The molecule has 4 heteroatoms. The fourth-order valence-electron chi connectivity index (χ4n) is 3.82. The molecule has 1 aromatic heterocycles. The zero-order valence-electron chi connectivity index (χ0n) is 16.4. The van der Waals surface area contributed by atoms with Crippen LogP contribution in [-0.4, -0.2) is 12.1 Å². The van der Waals surface area contributed by atoms with Gasteiger partial charge in [0, 0.05) is 40.3 Å². The molecule has 1 unspecified atom stereocenters. The zero-order chi connectivity index (χ0) is 19.6. The topological polar surface area (TPSA) is 57.9 Å². The van der Waals surface area contributed by atoms with Crippen molar-refractivity contribution in [1.29, 1.82) is 5.26 Å². The van der Waals surface area contributed by atoms with Crippen molar-refractivity contribution in [3.05, 3.63) is 76.3 Å². The Kier molecular flexibility index (Phi) is 5.32. The zero-order valence-corrected chi connectivity index (χ0v) is 16.4. The van der Waals surface area contributed by atoms with Crippen LogP contribution in [0.1, 0.15) is 54.1 Å². The van der Waals surface area contributed by atoms with Gasteiger partial charge in [-0.05, 0) is 43.5 Å². The molecule has 0 aliphatic carbocycles. The van der Waals surface area contributed by atoms with E-state index in [9.17, 15) is 5.26 Å². The summed E-state index contributed by atoms with van der Waals surface area (Å²) in [6.07, 6.45) is 5.77. The van der Waals surface area contributed by atoms with Crippen molar-refractivity contribution in [3.63, 3.8) is 0 Å². The van der Waals surface area contributed by atoms with E-state index >= 15 is 0 Å². The Bertz CT molecular complexity index is 966. The summed E-state index contributed by atoms with van der Waals surface area (Å²) in [4.78, 5) is 4.75. The molecule has 27 heavy (non-hydrogen) atoms. The van der Waals surface area contributed by atoms with Crippen molar-refractivity contribution in [2.75, 3.05) is 12.4 Å². The lowest BCUT2D eigenvalue weighted by Crippen LogP contribution is -2.21. The lowest BCUT2D eigenvalue weighted by Gasteiger charge is -2.33. The van der Waals surface area contributed by atoms with Gasteiger partial charge in [-0.25, -0.2) is 0 Å². The van der Waals surface area contributed by atoms with Crippen molar-refractivity contribution in [3.8, 4) is 11.8 Å². The summed E-state index contributed by atoms with van der Waals surface area (Å²) in [5.41, 5.74) is 8.30. The summed E-state index contributed by atoms with van der Waals surface area (Å²) in [5, 5.41) is 12.8. The number of nitrogens with zero attached hydrogens (tertiary/aromatic N) is 2. The number of methoxy groups -OCH3 is 1. The summed E-state index contributed by atoms with van der Waals surface area (Å²) in [6, 6.07) is 7.83. The third-order valence-electron chi connectivity index (χ3n) is 5.11. The van der Waals surface area contributed by atoms with Crippen molar-refractivity contribution in [1.82, 2.24) is 4.98 Å². The molecule has 138 valence electrons. The van der Waals surface area contributed by atoms with Gasteiger partial charge < -0.3 is 10.1 Å². The van der Waals surface area contributed by atoms with E-state index in [1.54, 1.807) is 13.2 Å². The number of allylic oxidation sites excluding steroid dienone is 3. The molecule has 1 aromatic carbocycles. The van der Waals surface area contributed by atoms with Gasteiger partial charge in [-0.2, -0.15) is 5.26 Å². The highest BCUT2D eigenvalue weighted by Gasteiger charge is 2.32. The number of hydrogen-bond acceptors (Lipinski definition) is 4. The normalized spacial score (nSPS) is 15.6. The highest BCUT2D eigenvalue weighted by Crippen LogP contribution is 2.47. The smallest absolute Gasteiger partial charge is 0.124 e. The Morgan fingerprint density at radius 1 is 1.37 bits per heavy atom. The maximum atomic E-state index is 9.26. The first-order chi connectivity index (χ1) is 13.0. The number of aromatic nitrogens is 1. The first-order valence-electron chi connectivity index (χ1n) is 9.22. The standard InChI is InChI=1S/C23H25N3O/c1-6-8-19-22-21(18-10-9-16(12-24)11-20(18)27-5)17(7-2)15(4)26-23(22)14(3)13-25-19/h7,9-11,13,21,26H,2,6,8H2,1,3-5H3. The van der Waals surface area contributed by atoms with E-state index in [1.165, 1.54) is 5.56 Å². The highest BCUT2D eigenvalue weighted by molar-refractivity contribution is 5.72. The molecule has 1 aliphatic heterocycles. The van der Waals surface area contributed by atoms with Gasteiger partial charge in [0.05, 0.1) is 18.7 Å². The van der Waals surface area contributed by atoms with E-state index in [0.29, 0.717) is 11.3 Å². The molecule has 2 heterocycles. The predicted octanol–water partition coefficient (Wildman–Crippen LogP) is 5.24. The number of nitrogens with one attached hydrogen (secondary N) is 1. The van der Waals surface area contributed by atoms with Crippen LogP contribution in [0.25, 0.3) is 0 Å². The number of rotatable bonds is 5. The monoisotopic (exact) mass is 359 g/mol. The summed E-state index contributed by atoms with van der Waals surface area (Å²) in [7, 11) is 1.65. The third kappa shape index (κ3) is 3.21. The van der Waals surface area contributed by atoms with Gasteiger partial charge in [0.2, 0.25) is 0 Å². The number of anilines is 1. The number of fused-ring (bicyclic) bond motifs is 1. The quantitative estimate of drug-likeness (QED) is 0.793. The van der Waals surface area contributed by atoms with Crippen LogP contribution in [0.3, 0.4) is 0 Å². The van der Waals surface area contributed by atoms with E-state index in [0.717, 1.165) is 46.6 Å². The van der Waals surface area contributed by atoms with Gasteiger partial charge in [-0.1, -0.05) is 32.1 Å². The summed E-state index contributed by atoms with van der Waals surface area (Å²) in [5.74, 6) is 0.679. The highest BCUT2D eigenvalue weighted by atomic mass is 16.5. The van der Waals surface area contributed by atoms with Gasteiger partial charge in [0.1, 0.15) is 5.75 Å². The van der Waals surface area contributed by atoms with Crippen LogP contribution < -0.4 is 10.1 Å². The largest absolute Gasteiger partial charge is 0.496 e. The molecule has 0 amide bonds. The summed E-state index contributed by atoms with van der Waals surface area (Å²) >= 11 is 0. The molecule has 0 spiro atoms. The fourth-order valence-corrected chi connectivity index (χ4v) is 3.82. The van der Waals surface area contributed by atoms with Gasteiger partial charge in [0.15, 0.2) is 0 Å². The summed E-state index contributed by atoms with van der Waals surface area (Å²) in [6.45, 7) is 10.4. The molecule has 3 rings (SSSR count). The molecule has 1 atom stereocenters. The molecular formula is C23H25N3O. The summed E-state index contributed by atoms with van der Waals surface area (Å²) < 4.78 is 5.67. The average molecular weight is 359 g/mol. The molecule has 0 radical (unpaired) electrons. The predicted molar refractivity (Wildman–Crippen MR) is 109 cm³/mol. The number of aryl methyl sites for hydroxylation is 2. The van der Waals surface area contributed by atoms with Gasteiger partial charge in [0.25, 0.3) is 0 Å². The van der Waals surface area contributed by atoms with Crippen molar-refractivity contribution < 1.29 is 4.74 Å². The lowest BCUT2D eigenvalue weighted by atomic mass is 9.78. The third-order valence-corrected chi connectivity index (χ3v) is 5.11. The van der Waals surface area contributed by atoms with Crippen molar-refractivity contribution >= 4 is 5.69 Å². The SMILES string of the molecule is C=CC1=C(C)Nc2c(C)cnc(CCC)c2C1c1ccc(C#N)cc1OC. The van der Waals surface area contributed by atoms with Gasteiger partial charge in [-0.3, -0.25) is 4.98 Å². The number of nitriles is 1. The van der Waals surface area contributed by atoms with Crippen LogP contribution in [0.15, 0.2) is 48.3 Å². The molecular weight excluding hydrogens is 334 g/mol. The Balaban J connectivity index is 2.34. The fraction of sp³-hybridized carbons (Fsp3) is 0.304. The Morgan fingerprint density at radius 2 is 2.15 bits per heavy atom. The van der Waals surface area contributed by atoms with E-state index in [1.807, 2.05) is 24.4 Å². The first kappa shape index (κ1) is 18.7.